The van der Waals surface area contributed by atoms with E-state index in [2.05, 4.69) is 10.2 Å². The van der Waals surface area contributed by atoms with Crippen molar-refractivity contribution in [3.63, 3.8) is 0 Å². The van der Waals surface area contributed by atoms with Crippen molar-refractivity contribution in [1.82, 2.24) is 14.8 Å². The number of hydrogen-bond acceptors (Lipinski definition) is 5. The van der Waals surface area contributed by atoms with Crippen molar-refractivity contribution in [2.24, 2.45) is 0 Å². The molecule has 7 heteroatoms. The van der Waals surface area contributed by atoms with Gasteiger partial charge in [-0.1, -0.05) is 42.4 Å². The molecule has 0 fully saturated rings. The second kappa shape index (κ2) is 8.38. The van der Waals surface area contributed by atoms with Gasteiger partial charge in [-0.15, -0.1) is 10.2 Å². The monoisotopic (exact) mass is 387 g/mol. The predicted molar refractivity (Wildman–Crippen MR) is 104 cm³/mol. The van der Waals surface area contributed by atoms with Gasteiger partial charge in [0.25, 0.3) is 0 Å². The summed E-state index contributed by atoms with van der Waals surface area (Å²) in [6.45, 7) is 1.86. The van der Waals surface area contributed by atoms with Crippen LogP contribution in [0.25, 0.3) is 17.1 Å². The Morgan fingerprint density at radius 1 is 1.19 bits per heavy atom. The second-order valence-electron chi connectivity index (χ2n) is 5.53. The van der Waals surface area contributed by atoms with Crippen LogP contribution in [0.5, 0.6) is 5.75 Å². The van der Waals surface area contributed by atoms with E-state index in [4.69, 9.17) is 16.3 Å². The van der Waals surface area contributed by atoms with Gasteiger partial charge in [0.15, 0.2) is 11.0 Å². The molecule has 0 unspecified atom stereocenters. The van der Waals surface area contributed by atoms with Crippen LogP contribution in [0.15, 0.2) is 53.7 Å². The lowest BCUT2D eigenvalue weighted by Crippen LogP contribution is -2.03. The lowest BCUT2D eigenvalue weighted by molar-refractivity contribution is -0.116. The lowest BCUT2D eigenvalue weighted by Gasteiger charge is -2.11. The van der Waals surface area contributed by atoms with E-state index in [-0.39, 0.29) is 5.78 Å². The fourth-order valence-electron chi connectivity index (χ4n) is 2.38. The van der Waals surface area contributed by atoms with Crippen molar-refractivity contribution in [2.75, 3.05) is 12.9 Å². The van der Waals surface area contributed by atoms with Gasteiger partial charge in [0.1, 0.15) is 11.5 Å². The molecular weight excluding hydrogens is 370 g/mol. The fraction of sp³-hybridized carbons (Fsp3) is 0.211. The molecular formula is C19H18ClN3O2S. The number of carbonyl (C=O) groups is 1. The minimum absolute atomic E-state index is 0.170. The third kappa shape index (κ3) is 4.08. The van der Waals surface area contributed by atoms with Crippen LogP contribution in [-0.2, 0) is 4.79 Å². The first-order valence-electron chi connectivity index (χ1n) is 8.12. The Morgan fingerprint density at radius 3 is 2.65 bits per heavy atom. The molecule has 0 saturated carbocycles. The standard InChI is InChI=1S/C19H18ClN3O2S/c1-3-16(24)12-26-19-22-21-18(13-5-4-6-17(11-13)25-2)23(19)15-9-7-14(20)8-10-15/h4-11H,3,12H2,1-2H3. The second-order valence-corrected chi connectivity index (χ2v) is 6.91. The fourth-order valence-corrected chi connectivity index (χ4v) is 3.42. The first-order chi connectivity index (χ1) is 12.6. The van der Waals surface area contributed by atoms with Gasteiger partial charge in [-0.2, -0.15) is 0 Å². The molecule has 0 N–H and O–H groups in total. The zero-order valence-corrected chi connectivity index (χ0v) is 16.0. The lowest BCUT2D eigenvalue weighted by atomic mass is 10.2. The number of aromatic nitrogens is 3. The van der Waals surface area contributed by atoms with E-state index in [0.717, 1.165) is 17.0 Å². The minimum atomic E-state index is 0.170. The maximum absolute atomic E-state index is 11.7. The molecule has 2 aromatic carbocycles. The van der Waals surface area contributed by atoms with E-state index in [1.807, 2.05) is 60.0 Å². The molecule has 0 aliphatic rings. The minimum Gasteiger partial charge on any atom is -0.497 e. The summed E-state index contributed by atoms with van der Waals surface area (Å²) in [4.78, 5) is 11.7. The highest BCUT2D eigenvalue weighted by atomic mass is 35.5. The number of thioether (sulfide) groups is 1. The van der Waals surface area contributed by atoms with Crippen LogP contribution in [0, 0.1) is 0 Å². The molecule has 3 aromatic rings. The molecule has 1 aromatic heterocycles. The Hall–Kier alpha value is -2.31. The third-order valence-electron chi connectivity index (χ3n) is 3.80. The SMILES string of the molecule is CCC(=O)CSc1nnc(-c2cccc(OC)c2)n1-c1ccc(Cl)cc1. The van der Waals surface area contributed by atoms with Crippen LogP contribution in [-0.4, -0.2) is 33.4 Å². The normalized spacial score (nSPS) is 10.7. The van der Waals surface area contributed by atoms with E-state index in [9.17, 15) is 4.79 Å². The number of ether oxygens (including phenoxy) is 1. The molecule has 3 rings (SSSR count). The number of methoxy groups -OCH3 is 1. The van der Waals surface area contributed by atoms with Gasteiger partial charge in [-0.05, 0) is 36.4 Å². The highest BCUT2D eigenvalue weighted by Gasteiger charge is 2.17. The van der Waals surface area contributed by atoms with E-state index in [1.54, 1.807) is 7.11 Å². The number of Topliss-reactive ketones (excluding diaryl/α,β-unsaturated/α-hetero) is 1. The smallest absolute Gasteiger partial charge is 0.196 e. The Balaban J connectivity index is 2.07. The van der Waals surface area contributed by atoms with Crippen molar-refractivity contribution in [3.8, 4) is 22.8 Å². The quantitative estimate of drug-likeness (QED) is 0.551. The average molecular weight is 388 g/mol. The Labute approximate surface area is 161 Å². The molecule has 0 saturated heterocycles. The molecule has 0 amide bonds. The summed E-state index contributed by atoms with van der Waals surface area (Å²) < 4.78 is 7.24. The van der Waals surface area contributed by atoms with Crippen LogP contribution in [0.1, 0.15) is 13.3 Å². The predicted octanol–water partition coefficient (Wildman–Crippen LogP) is 4.67. The molecule has 0 aliphatic carbocycles. The van der Waals surface area contributed by atoms with E-state index in [0.29, 0.717) is 28.2 Å². The molecule has 0 aliphatic heterocycles. The Morgan fingerprint density at radius 2 is 1.96 bits per heavy atom. The summed E-state index contributed by atoms with van der Waals surface area (Å²) in [6.07, 6.45) is 0.505. The van der Waals surface area contributed by atoms with Gasteiger partial charge in [0.05, 0.1) is 12.9 Å². The number of carbonyl (C=O) groups excluding carboxylic acids is 1. The summed E-state index contributed by atoms with van der Waals surface area (Å²) in [5, 5.41) is 9.97. The van der Waals surface area contributed by atoms with Gasteiger partial charge in [-0.25, -0.2) is 0 Å². The number of benzene rings is 2. The van der Waals surface area contributed by atoms with Crippen LogP contribution < -0.4 is 4.74 Å². The molecule has 0 radical (unpaired) electrons. The van der Waals surface area contributed by atoms with Gasteiger partial charge >= 0.3 is 0 Å². The van der Waals surface area contributed by atoms with Crippen molar-refractivity contribution in [3.05, 3.63) is 53.6 Å². The maximum atomic E-state index is 11.7. The number of halogens is 1. The number of hydrogen-bond donors (Lipinski definition) is 0. The summed E-state index contributed by atoms with van der Waals surface area (Å²) in [6, 6.07) is 15.1. The van der Waals surface area contributed by atoms with E-state index in [1.165, 1.54) is 11.8 Å². The van der Waals surface area contributed by atoms with Crippen LogP contribution >= 0.6 is 23.4 Å². The zero-order chi connectivity index (χ0) is 18.5. The Bertz CT molecular complexity index is 909. The highest BCUT2D eigenvalue weighted by Crippen LogP contribution is 2.30. The average Bonchev–Trinajstić information content (AvgIpc) is 3.10. The summed E-state index contributed by atoms with van der Waals surface area (Å²) >= 11 is 7.40. The van der Waals surface area contributed by atoms with Gasteiger partial charge < -0.3 is 4.74 Å². The zero-order valence-electron chi connectivity index (χ0n) is 14.5. The van der Waals surface area contributed by atoms with E-state index < -0.39 is 0 Å². The van der Waals surface area contributed by atoms with Gasteiger partial charge in [0, 0.05) is 22.7 Å². The van der Waals surface area contributed by atoms with Gasteiger partial charge in [0.2, 0.25) is 0 Å². The molecule has 26 heavy (non-hydrogen) atoms. The largest absolute Gasteiger partial charge is 0.497 e. The van der Waals surface area contributed by atoms with E-state index >= 15 is 0 Å². The molecule has 5 nitrogen and oxygen atoms in total. The molecule has 1 heterocycles. The highest BCUT2D eigenvalue weighted by molar-refractivity contribution is 7.99. The number of nitrogens with zero attached hydrogens (tertiary/aromatic N) is 3. The summed E-state index contributed by atoms with van der Waals surface area (Å²) in [7, 11) is 1.63. The molecule has 0 spiro atoms. The third-order valence-corrected chi connectivity index (χ3v) is 5.04. The molecule has 0 bridgehead atoms. The number of ketones is 1. The van der Waals surface area contributed by atoms with Crippen molar-refractivity contribution in [1.29, 1.82) is 0 Å². The van der Waals surface area contributed by atoms with Crippen LogP contribution in [0.3, 0.4) is 0 Å². The van der Waals surface area contributed by atoms with Crippen molar-refractivity contribution >= 4 is 29.1 Å². The Kier molecular flexibility index (Phi) is 5.96. The maximum Gasteiger partial charge on any atom is 0.196 e. The van der Waals surface area contributed by atoms with Crippen molar-refractivity contribution < 1.29 is 9.53 Å². The van der Waals surface area contributed by atoms with Gasteiger partial charge in [-0.3, -0.25) is 9.36 Å². The molecule has 0 atom stereocenters. The first-order valence-corrected chi connectivity index (χ1v) is 9.49. The first kappa shape index (κ1) is 18.5. The summed E-state index contributed by atoms with van der Waals surface area (Å²) in [5.41, 5.74) is 1.75. The summed E-state index contributed by atoms with van der Waals surface area (Å²) in [5.74, 6) is 1.95. The van der Waals surface area contributed by atoms with Crippen LogP contribution in [0.2, 0.25) is 5.02 Å². The van der Waals surface area contributed by atoms with Crippen molar-refractivity contribution in [2.45, 2.75) is 18.5 Å². The molecule has 134 valence electrons. The topological polar surface area (TPSA) is 57.0 Å². The number of rotatable bonds is 7. The van der Waals surface area contributed by atoms with Crippen LogP contribution in [0.4, 0.5) is 0 Å².